The molecule has 0 aliphatic heterocycles. The largest absolute Gasteiger partial charge is 0.481 e. The zero-order valence-corrected chi connectivity index (χ0v) is 35.3. The third kappa shape index (κ3) is 25.6. The maximum Gasteiger partial charge on any atom is 0.310 e. The molecule has 0 radical (unpaired) electrons. The molecule has 0 heterocycles. The molecule has 51 heavy (non-hydrogen) atoms. The van der Waals surface area contributed by atoms with Crippen molar-refractivity contribution in [3.05, 3.63) is 0 Å². The molecule has 0 unspecified atom stereocenters. The van der Waals surface area contributed by atoms with Crippen molar-refractivity contribution >= 4 is 11.9 Å². The lowest BCUT2D eigenvalue weighted by atomic mass is 9.53. The third-order valence-corrected chi connectivity index (χ3v) is 12.4. The van der Waals surface area contributed by atoms with Crippen molar-refractivity contribution in [2.75, 3.05) is 0 Å². The fourth-order valence-corrected chi connectivity index (χ4v) is 9.08. The molecule has 0 rings (SSSR count). The molecule has 0 fully saturated rings. The lowest BCUT2D eigenvalue weighted by Gasteiger charge is -2.50. The summed E-state index contributed by atoms with van der Waals surface area (Å²) in [5, 5.41) is 21.2. The van der Waals surface area contributed by atoms with Gasteiger partial charge in [0.05, 0.1) is 5.41 Å². The Hall–Kier alpha value is -1.06. The standard InChI is InChI=1S/C47H92O4/c1-5-9-13-17-21-25-29-33-39-46(41-37-38-44(48)49,40-34-30-26-22-18-14-10-6-2)47(45(50)51,42-35-31-27-23-19-15-11-7-3)43-36-32-28-24-20-16-12-8-4/h5-43H2,1-4H3,(H,48,49)(H,50,51). The highest BCUT2D eigenvalue weighted by molar-refractivity contribution is 5.76. The smallest absolute Gasteiger partial charge is 0.310 e. The molecule has 0 aromatic rings. The number of carboxylic acid groups (broad SMARTS) is 2. The maximum absolute atomic E-state index is 14.0. The molecule has 0 aromatic carbocycles. The fraction of sp³-hybridized carbons (Fsp3) is 0.957. The van der Waals surface area contributed by atoms with Crippen molar-refractivity contribution in [1.82, 2.24) is 0 Å². The van der Waals surface area contributed by atoms with Crippen LogP contribution in [0.5, 0.6) is 0 Å². The van der Waals surface area contributed by atoms with E-state index in [1.54, 1.807) is 0 Å². The second-order valence-corrected chi connectivity index (χ2v) is 16.8. The number of carboxylic acids is 2. The van der Waals surface area contributed by atoms with E-state index in [1.807, 2.05) is 0 Å². The molecule has 0 aliphatic carbocycles. The van der Waals surface area contributed by atoms with Crippen LogP contribution in [0.3, 0.4) is 0 Å². The molecule has 4 nitrogen and oxygen atoms in total. The first-order chi connectivity index (χ1) is 24.9. The van der Waals surface area contributed by atoms with Crippen LogP contribution in [0.2, 0.25) is 0 Å². The first kappa shape index (κ1) is 49.9. The summed E-state index contributed by atoms with van der Waals surface area (Å²) in [6.45, 7) is 9.07. The van der Waals surface area contributed by atoms with Crippen LogP contribution in [0.15, 0.2) is 0 Å². The zero-order chi connectivity index (χ0) is 37.7. The number of rotatable bonds is 42. The third-order valence-electron chi connectivity index (χ3n) is 12.4. The molecule has 0 amide bonds. The second kappa shape index (κ2) is 35.9. The van der Waals surface area contributed by atoms with E-state index < -0.39 is 17.4 Å². The summed E-state index contributed by atoms with van der Waals surface area (Å²) in [6.07, 6.45) is 44.6. The van der Waals surface area contributed by atoms with Crippen LogP contribution in [-0.2, 0) is 9.59 Å². The number of unbranched alkanes of at least 4 members (excludes halogenated alkanes) is 28. The van der Waals surface area contributed by atoms with E-state index in [-0.39, 0.29) is 11.8 Å². The number of carbonyl (C=O) groups is 2. The second-order valence-electron chi connectivity index (χ2n) is 16.8. The summed E-state index contributed by atoms with van der Waals surface area (Å²) in [5.41, 5.74) is -1.07. The average Bonchev–Trinajstić information content (AvgIpc) is 3.11. The van der Waals surface area contributed by atoms with Gasteiger partial charge in [0.25, 0.3) is 0 Å². The topological polar surface area (TPSA) is 74.6 Å². The average molecular weight is 721 g/mol. The first-order valence-corrected chi connectivity index (χ1v) is 23.3. The van der Waals surface area contributed by atoms with Gasteiger partial charge in [-0.25, -0.2) is 0 Å². The van der Waals surface area contributed by atoms with Crippen molar-refractivity contribution in [2.24, 2.45) is 10.8 Å². The van der Waals surface area contributed by atoms with Crippen molar-refractivity contribution in [3.63, 3.8) is 0 Å². The van der Waals surface area contributed by atoms with Gasteiger partial charge in [-0.1, -0.05) is 233 Å². The highest BCUT2D eigenvalue weighted by Gasteiger charge is 2.54. The lowest BCUT2D eigenvalue weighted by molar-refractivity contribution is -0.164. The molecule has 4 heteroatoms. The molecule has 0 bridgehead atoms. The van der Waals surface area contributed by atoms with Gasteiger partial charge < -0.3 is 10.2 Å². The zero-order valence-electron chi connectivity index (χ0n) is 35.3. The van der Waals surface area contributed by atoms with E-state index in [2.05, 4.69) is 27.7 Å². The summed E-state index contributed by atoms with van der Waals surface area (Å²) >= 11 is 0. The predicted octanol–water partition coefficient (Wildman–Crippen LogP) is 16.4. The van der Waals surface area contributed by atoms with Crippen molar-refractivity contribution < 1.29 is 19.8 Å². The van der Waals surface area contributed by atoms with Crippen LogP contribution in [0.4, 0.5) is 0 Å². The molecule has 0 saturated heterocycles. The molecule has 2 N–H and O–H groups in total. The summed E-state index contributed by atoms with van der Waals surface area (Å²) in [6, 6.07) is 0. The highest BCUT2D eigenvalue weighted by atomic mass is 16.4. The van der Waals surface area contributed by atoms with Gasteiger partial charge in [-0.15, -0.1) is 0 Å². The summed E-state index contributed by atoms with van der Waals surface area (Å²) in [7, 11) is 0. The monoisotopic (exact) mass is 721 g/mol. The summed E-state index contributed by atoms with van der Waals surface area (Å²) in [5.74, 6) is -1.31. The quantitative estimate of drug-likeness (QED) is 0.0616. The predicted molar refractivity (Wildman–Crippen MR) is 223 cm³/mol. The first-order valence-electron chi connectivity index (χ1n) is 23.3. The van der Waals surface area contributed by atoms with Gasteiger partial charge in [0.1, 0.15) is 0 Å². The minimum Gasteiger partial charge on any atom is -0.481 e. The van der Waals surface area contributed by atoms with E-state index in [9.17, 15) is 19.8 Å². The number of aliphatic carboxylic acids is 2. The van der Waals surface area contributed by atoms with Crippen LogP contribution in [0.25, 0.3) is 0 Å². The lowest BCUT2D eigenvalue weighted by Crippen LogP contribution is -2.48. The molecular weight excluding hydrogens is 629 g/mol. The molecule has 0 aliphatic rings. The van der Waals surface area contributed by atoms with E-state index in [1.165, 1.54) is 167 Å². The van der Waals surface area contributed by atoms with Crippen LogP contribution in [0.1, 0.15) is 278 Å². The van der Waals surface area contributed by atoms with Gasteiger partial charge in [0, 0.05) is 6.42 Å². The Balaban J connectivity index is 6.19. The van der Waals surface area contributed by atoms with Gasteiger partial charge in [-0.05, 0) is 43.9 Å². The van der Waals surface area contributed by atoms with Gasteiger partial charge >= 0.3 is 11.9 Å². The van der Waals surface area contributed by atoms with Crippen LogP contribution in [0, 0.1) is 10.8 Å². The minimum absolute atomic E-state index is 0.155. The van der Waals surface area contributed by atoms with Gasteiger partial charge in [0.15, 0.2) is 0 Å². The summed E-state index contributed by atoms with van der Waals surface area (Å²) in [4.78, 5) is 25.8. The van der Waals surface area contributed by atoms with Crippen molar-refractivity contribution in [2.45, 2.75) is 278 Å². The molecular formula is C47H92O4. The van der Waals surface area contributed by atoms with E-state index in [0.717, 1.165) is 70.6 Å². The Morgan fingerprint density at radius 3 is 0.824 bits per heavy atom. The normalized spacial score (nSPS) is 12.2. The van der Waals surface area contributed by atoms with Gasteiger partial charge in [0.2, 0.25) is 0 Å². The molecule has 0 saturated carbocycles. The van der Waals surface area contributed by atoms with Crippen LogP contribution in [-0.4, -0.2) is 22.2 Å². The molecule has 0 aromatic heterocycles. The van der Waals surface area contributed by atoms with Crippen molar-refractivity contribution in [3.8, 4) is 0 Å². The Kier molecular flexibility index (Phi) is 35.2. The van der Waals surface area contributed by atoms with E-state index in [0.29, 0.717) is 6.42 Å². The number of hydrogen-bond acceptors (Lipinski definition) is 2. The Bertz CT molecular complexity index is 721. The van der Waals surface area contributed by atoms with E-state index in [4.69, 9.17) is 0 Å². The SMILES string of the molecule is CCCCCCCCCCC(CCCCCCCCCC)(CCCC(=O)O)C(CCCCCCCCCC)(CCCCCCCCCC)C(=O)O. The van der Waals surface area contributed by atoms with Gasteiger partial charge in [-0.3, -0.25) is 9.59 Å². The Morgan fingerprint density at radius 1 is 0.333 bits per heavy atom. The maximum atomic E-state index is 14.0. The van der Waals surface area contributed by atoms with Crippen LogP contribution >= 0.6 is 0 Å². The Labute approximate surface area is 319 Å². The molecule has 0 spiro atoms. The van der Waals surface area contributed by atoms with Crippen LogP contribution < -0.4 is 0 Å². The van der Waals surface area contributed by atoms with Crippen molar-refractivity contribution in [1.29, 1.82) is 0 Å². The number of hydrogen-bond donors (Lipinski definition) is 2. The van der Waals surface area contributed by atoms with Gasteiger partial charge in [-0.2, -0.15) is 0 Å². The minimum atomic E-state index is -0.752. The molecule has 0 atom stereocenters. The highest BCUT2D eigenvalue weighted by Crippen LogP contribution is 2.57. The summed E-state index contributed by atoms with van der Waals surface area (Å²) < 4.78 is 0. The fourth-order valence-electron chi connectivity index (χ4n) is 9.08. The Morgan fingerprint density at radius 2 is 0.569 bits per heavy atom. The molecule has 304 valence electrons. The van der Waals surface area contributed by atoms with E-state index >= 15 is 0 Å².